The second-order valence-electron chi connectivity index (χ2n) is 4.95. The van der Waals surface area contributed by atoms with Gasteiger partial charge in [0.2, 0.25) is 0 Å². The van der Waals surface area contributed by atoms with E-state index in [2.05, 4.69) is 40.7 Å². The zero-order chi connectivity index (χ0) is 11.5. The molecule has 0 bridgehead atoms. The number of nitrogens with one attached hydrogen (secondary N) is 1. The molecule has 0 aromatic carbocycles. The number of nitrogens with zero attached hydrogens (tertiary/aromatic N) is 3. The first kappa shape index (κ1) is 11.6. The van der Waals surface area contributed by atoms with E-state index >= 15 is 0 Å². The van der Waals surface area contributed by atoms with Crippen LogP contribution in [0.25, 0.3) is 0 Å². The van der Waals surface area contributed by atoms with Gasteiger partial charge in [0.25, 0.3) is 0 Å². The van der Waals surface area contributed by atoms with Crippen LogP contribution in [0.15, 0.2) is 12.5 Å². The molecule has 0 amide bonds. The molecule has 0 spiro atoms. The van der Waals surface area contributed by atoms with Crippen LogP contribution in [0.4, 0.5) is 0 Å². The van der Waals surface area contributed by atoms with Crippen LogP contribution in [0.5, 0.6) is 0 Å². The highest BCUT2D eigenvalue weighted by molar-refractivity contribution is 5.00. The van der Waals surface area contributed by atoms with E-state index in [1.165, 1.54) is 12.1 Å². The molecular weight excluding hydrogens is 200 g/mol. The monoisotopic (exact) mass is 222 g/mol. The Morgan fingerprint density at radius 1 is 1.62 bits per heavy atom. The van der Waals surface area contributed by atoms with Crippen molar-refractivity contribution in [2.75, 3.05) is 20.1 Å². The Bertz CT molecular complexity index is 326. The fourth-order valence-corrected chi connectivity index (χ4v) is 2.32. The van der Waals surface area contributed by atoms with Crippen molar-refractivity contribution in [1.82, 2.24) is 19.8 Å². The predicted octanol–water partition coefficient (Wildman–Crippen LogP) is 1.26. The molecule has 1 saturated heterocycles. The average molecular weight is 222 g/mol. The first-order valence-corrected chi connectivity index (χ1v) is 6.10. The lowest BCUT2D eigenvalue weighted by molar-refractivity contribution is 0.241. The van der Waals surface area contributed by atoms with Crippen molar-refractivity contribution in [3.8, 4) is 0 Å². The van der Waals surface area contributed by atoms with Crippen molar-refractivity contribution < 1.29 is 0 Å². The van der Waals surface area contributed by atoms with Crippen LogP contribution in [0.3, 0.4) is 0 Å². The highest BCUT2D eigenvalue weighted by Crippen LogP contribution is 2.14. The van der Waals surface area contributed by atoms with Crippen LogP contribution in [0.2, 0.25) is 0 Å². The summed E-state index contributed by atoms with van der Waals surface area (Å²) in [5.74, 6) is 0. The topological polar surface area (TPSA) is 33.1 Å². The Balaban J connectivity index is 1.99. The molecule has 4 nitrogen and oxygen atoms in total. The molecule has 1 aliphatic rings. The summed E-state index contributed by atoms with van der Waals surface area (Å²) in [5.41, 5.74) is 1.31. The normalized spacial score (nSPS) is 21.2. The molecule has 2 heterocycles. The maximum absolute atomic E-state index is 4.24. The Kier molecular flexibility index (Phi) is 3.61. The molecule has 1 aliphatic heterocycles. The molecular formula is C12H22N4. The molecule has 0 aliphatic carbocycles. The summed E-state index contributed by atoms with van der Waals surface area (Å²) in [7, 11) is 2.20. The van der Waals surface area contributed by atoms with Gasteiger partial charge in [0.15, 0.2) is 0 Å². The molecule has 1 aromatic rings. The van der Waals surface area contributed by atoms with Crippen molar-refractivity contribution in [2.45, 2.75) is 38.9 Å². The van der Waals surface area contributed by atoms with Gasteiger partial charge in [-0.05, 0) is 33.9 Å². The summed E-state index contributed by atoms with van der Waals surface area (Å²) in [4.78, 5) is 6.67. The third kappa shape index (κ3) is 2.44. The highest BCUT2D eigenvalue weighted by Gasteiger charge is 2.20. The van der Waals surface area contributed by atoms with Gasteiger partial charge in [-0.3, -0.25) is 4.90 Å². The maximum atomic E-state index is 4.24. The molecule has 2 rings (SSSR count). The number of aromatic nitrogens is 2. The molecule has 1 N–H and O–H groups in total. The minimum Gasteiger partial charge on any atom is -0.331 e. The van der Waals surface area contributed by atoms with Crippen LogP contribution >= 0.6 is 0 Å². The van der Waals surface area contributed by atoms with Crippen LogP contribution in [0, 0.1) is 0 Å². The molecule has 0 saturated carbocycles. The van der Waals surface area contributed by atoms with Crippen molar-refractivity contribution in [1.29, 1.82) is 0 Å². The molecule has 4 heteroatoms. The zero-order valence-corrected chi connectivity index (χ0v) is 10.5. The van der Waals surface area contributed by atoms with E-state index < -0.39 is 0 Å². The van der Waals surface area contributed by atoms with E-state index in [1.807, 2.05) is 12.5 Å². The number of hydrogen-bond donors (Lipinski definition) is 1. The third-order valence-corrected chi connectivity index (χ3v) is 3.37. The summed E-state index contributed by atoms with van der Waals surface area (Å²) < 4.78 is 2.25. The Labute approximate surface area is 97.7 Å². The molecule has 1 atom stereocenters. The smallest absolute Gasteiger partial charge is 0.0951 e. The van der Waals surface area contributed by atoms with E-state index in [1.54, 1.807) is 0 Å². The summed E-state index contributed by atoms with van der Waals surface area (Å²) in [6.07, 6.45) is 5.17. The summed E-state index contributed by atoms with van der Waals surface area (Å²) in [6.45, 7) is 7.65. The van der Waals surface area contributed by atoms with Gasteiger partial charge < -0.3 is 9.88 Å². The third-order valence-electron chi connectivity index (χ3n) is 3.37. The van der Waals surface area contributed by atoms with Gasteiger partial charge in [0.1, 0.15) is 0 Å². The summed E-state index contributed by atoms with van der Waals surface area (Å²) in [5, 5.41) is 3.41. The average Bonchev–Trinajstić information content (AvgIpc) is 2.86. The SMILES string of the molecule is CC(C)n1cncc1CN(C)C1CCNC1. The van der Waals surface area contributed by atoms with Crippen LogP contribution in [-0.4, -0.2) is 40.6 Å². The van der Waals surface area contributed by atoms with Crippen LogP contribution < -0.4 is 5.32 Å². The van der Waals surface area contributed by atoms with Gasteiger partial charge >= 0.3 is 0 Å². The number of hydrogen-bond acceptors (Lipinski definition) is 3. The van der Waals surface area contributed by atoms with Crippen LogP contribution in [0.1, 0.15) is 32.0 Å². The molecule has 1 fully saturated rings. The molecule has 1 unspecified atom stereocenters. The lowest BCUT2D eigenvalue weighted by Crippen LogP contribution is -2.33. The van der Waals surface area contributed by atoms with Crippen molar-refractivity contribution in [3.05, 3.63) is 18.2 Å². The van der Waals surface area contributed by atoms with Crippen molar-refractivity contribution in [2.24, 2.45) is 0 Å². The van der Waals surface area contributed by atoms with Crippen LogP contribution in [-0.2, 0) is 6.54 Å². The Hall–Kier alpha value is -0.870. The quantitative estimate of drug-likeness (QED) is 0.832. The van der Waals surface area contributed by atoms with Gasteiger partial charge in [-0.25, -0.2) is 4.98 Å². The number of imidazole rings is 1. The lowest BCUT2D eigenvalue weighted by atomic mass is 10.2. The van der Waals surface area contributed by atoms with E-state index in [4.69, 9.17) is 0 Å². The van der Waals surface area contributed by atoms with Gasteiger partial charge in [-0.1, -0.05) is 0 Å². The van der Waals surface area contributed by atoms with Gasteiger partial charge in [0.05, 0.1) is 12.0 Å². The standard InChI is InChI=1S/C12H22N4/c1-10(2)16-9-14-7-12(16)8-15(3)11-4-5-13-6-11/h7,9-11,13H,4-6,8H2,1-3H3. The predicted molar refractivity (Wildman–Crippen MR) is 65.4 cm³/mol. The Morgan fingerprint density at radius 3 is 3.06 bits per heavy atom. The van der Waals surface area contributed by atoms with Gasteiger partial charge in [-0.2, -0.15) is 0 Å². The zero-order valence-electron chi connectivity index (χ0n) is 10.5. The number of likely N-dealkylation sites (N-methyl/N-ethyl adjacent to an activating group) is 1. The minimum absolute atomic E-state index is 0.493. The molecule has 1 aromatic heterocycles. The molecule has 16 heavy (non-hydrogen) atoms. The fraction of sp³-hybridized carbons (Fsp3) is 0.750. The van der Waals surface area contributed by atoms with Crippen molar-refractivity contribution >= 4 is 0 Å². The maximum Gasteiger partial charge on any atom is 0.0951 e. The second kappa shape index (κ2) is 4.97. The molecule has 90 valence electrons. The van der Waals surface area contributed by atoms with E-state index in [0.29, 0.717) is 12.1 Å². The first-order valence-electron chi connectivity index (χ1n) is 6.10. The summed E-state index contributed by atoms with van der Waals surface area (Å²) >= 11 is 0. The van der Waals surface area contributed by atoms with Gasteiger partial charge in [-0.15, -0.1) is 0 Å². The largest absolute Gasteiger partial charge is 0.331 e. The highest BCUT2D eigenvalue weighted by atomic mass is 15.2. The van der Waals surface area contributed by atoms with E-state index in [9.17, 15) is 0 Å². The van der Waals surface area contributed by atoms with Gasteiger partial charge in [0, 0.05) is 31.4 Å². The van der Waals surface area contributed by atoms with E-state index in [-0.39, 0.29) is 0 Å². The van der Waals surface area contributed by atoms with Crippen molar-refractivity contribution in [3.63, 3.8) is 0 Å². The number of rotatable bonds is 4. The fourth-order valence-electron chi connectivity index (χ4n) is 2.32. The van der Waals surface area contributed by atoms with E-state index in [0.717, 1.165) is 19.6 Å². The summed E-state index contributed by atoms with van der Waals surface area (Å²) in [6, 6.07) is 1.17. The lowest BCUT2D eigenvalue weighted by Gasteiger charge is -2.24. The second-order valence-corrected chi connectivity index (χ2v) is 4.95. The Morgan fingerprint density at radius 2 is 2.44 bits per heavy atom. The molecule has 0 radical (unpaired) electrons. The minimum atomic E-state index is 0.493. The first-order chi connectivity index (χ1) is 7.68.